The zero-order valence-corrected chi connectivity index (χ0v) is 14.0. The van der Waals surface area contributed by atoms with Gasteiger partial charge in [-0.1, -0.05) is 11.8 Å². The standard InChI is InChI=1S/C17H20F3NO3/c1-16(2,3)24-15(22)21-8-6-5-7-12-9-13(17(18,19)20)11-14(10-12)23-4/h9-11H,6,8H2,1-4H3,(H,21,22). The molecular formula is C17H20F3NO3. The van der Waals surface area contributed by atoms with Gasteiger partial charge in [-0.15, -0.1) is 0 Å². The van der Waals surface area contributed by atoms with E-state index in [4.69, 9.17) is 9.47 Å². The van der Waals surface area contributed by atoms with Crippen molar-refractivity contribution >= 4 is 6.09 Å². The van der Waals surface area contributed by atoms with Crippen molar-refractivity contribution < 1.29 is 27.4 Å². The minimum atomic E-state index is -4.47. The van der Waals surface area contributed by atoms with E-state index in [2.05, 4.69) is 17.2 Å². The first-order valence-electron chi connectivity index (χ1n) is 7.23. The van der Waals surface area contributed by atoms with E-state index in [0.29, 0.717) is 0 Å². The second kappa shape index (κ2) is 7.95. The lowest BCUT2D eigenvalue weighted by molar-refractivity contribution is -0.137. The van der Waals surface area contributed by atoms with Gasteiger partial charge in [-0.2, -0.15) is 13.2 Å². The molecule has 1 N–H and O–H groups in total. The van der Waals surface area contributed by atoms with Crippen LogP contribution in [0.15, 0.2) is 18.2 Å². The smallest absolute Gasteiger partial charge is 0.416 e. The van der Waals surface area contributed by atoms with E-state index in [1.54, 1.807) is 20.8 Å². The van der Waals surface area contributed by atoms with Gasteiger partial charge in [-0.3, -0.25) is 0 Å². The van der Waals surface area contributed by atoms with Gasteiger partial charge in [0.05, 0.1) is 12.7 Å². The summed E-state index contributed by atoms with van der Waals surface area (Å²) < 4.78 is 48.3. The molecule has 0 saturated carbocycles. The molecule has 0 atom stereocenters. The van der Waals surface area contributed by atoms with Crippen LogP contribution in [0, 0.1) is 11.8 Å². The summed E-state index contributed by atoms with van der Waals surface area (Å²) in [6.07, 6.45) is -4.76. The Morgan fingerprint density at radius 1 is 1.21 bits per heavy atom. The SMILES string of the molecule is COc1cc(C#CCCNC(=O)OC(C)(C)C)cc(C(F)(F)F)c1. The highest BCUT2D eigenvalue weighted by Crippen LogP contribution is 2.32. The topological polar surface area (TPSA) is 47.6 Å². The van der Waals surface area contributed by atoms with Crippen molar-refractivity contribution in [3.8, 4) is 17.6 Å². The Bertz CT molecular complexity index is 637. The van der Waals surface area contributed by atoms with Crippen molar-refractivity contribution in [1.82, 2.24) is 5.32 Å². The highest BCUT2D eigenvalue weighted by Gasteiger charge is 2.31. The second-order valence-corrected chi connectivity index (χ2v) is 5.93. The summed E-state index contributed by atoms with van der Waals surface area (Å²) in [5, 5.41) is 2.52. The maximum Gasteiger partial charge on any atom is 0.416 e. The van der Waals surface area contributed by atoms with Gasteiger partial charge < -0.3 is 14.8 Å². The van der Waals surface area contributed by atoms with E-state index in [1.165, 1.54) is 13.2 Å². The summed E-state index contributed by atoms with van der Waals surface area (Å²) >= 11 is 0. The molecule has 7 heteroatoms. The molecule has 0 saturated heterocycles. The number of amides is 1. The summed E-state index contributed by atoms with van der Waals surface area (Å²) in [7, 11) is 1.29. The van der Waals surface area contributed by atoms with Gasteiger partial charge >= 0.3 is 12.3 Å². The quantitative estimate of drug-likeness (QED) is 0.667. The summed E-state index contributed by atoms with van der Waals surface area (Å²) in [5.41, 5.74) is -1.22. The molecule has 0 unspecified atom stereocenters. The number of carbonyl (C=O) groups is 1. The van der Waals surface area contributed by atoms with Crippen LogP contribution in [0.25, 0.3) is 0 Å². The van der Waals surface area contributed by atoms with Crippen molar-refractivity contribution in [3.63, 3.8) is 0 Å². The van der Waals surface area contributed by atoms with Crippen LogP contribution in [0.5, 0.6) is 5.75 Å². The van der Waals surface area contributed by atoms with Gasteiger partial charge in [0, 0.05) is 18.5 Å². The summed E-state index contributed by atoms with van der Waals surface area (Å²) in [5.74, 6) is 5.42. The van der Waals surface area contributed by atoms with Crippen LogP contribution in [-0.4, -0.2) is 25.3 Å². The van der Waals surface area contributed by atoms with Crippen LogP contribution in [0.2, 0.25) is 0 Å². The average molecular weight is 343 g/mol. The predicted molar refractivity (Wildman–Crippen MR) is 83.7 cm³/mol. The molecule has 0 radical (unpaired) electrons. The first-order valence-corrected chi connectivity index (χ1v) is 7.23. The third-order valence-corrected chi connectivity index (χ3v) is 2.62. The first kappa shape index (κ1) is 19.7. The Hall–Kier alpha value is -2.36. The number of rotatable bonds is 3. The minimum Gasteiger partial charge on any atom is -0.497 e. The number of methoxy groups -OCH3 is 1. The van der Waals surface area contributed by atoms with Crippen molar-refractivity contribution in [3.05, 3.63) is 29.3 Å². The number of alkyl carbamates (subject to hydrolysis) is 1. The fourth-order valence-corrected chi connectivity index (χ4v) is 1.66. The molecule has 1 rings (SSSR count). The molecule has 1 aromatic rings. The van der Waals surface area contributed by atoms with Crippen LogP contribution < -0.4 is 10.1 Å². The molecule has 0 aliphatic carbocycles. The van der Waals surface area contributed by atoms with Crippen LogP contribution in [0.3, 0.4) is 0 Å². The molecule has 24 heavy (non-hydrogen) atoms. The lowest BCUT2D eigenvalue weighted by Crippen LogP contribution is -2.32. The van der Waals surface area contributed by atoms with Crippen LogP contribution in [0.4, 0.5) is 18.0 Å². The number of benzene rings is 1. The largest absolute Gasteiger partial charge is 0.497 e. The van der Waals surface area contributed by atoms with E-state index in [0.717, 1.165) is 12.1 Å². The molecule has 1 amide bonds. The lowest BCUT2D eigenvalue weighted by Gasteiger charge is -2.19. The minimum absolute atomic E-state index is 0.0843. The maximum atomic E-state index is 12.8. The maximum absolute atomic E-state index is 12.8. The van der Waals surface area contributed by atoms with Crippen LogP contribution in [0.1, 0.15) is 38.3 Å². The first-order chi connectivity index (χ1) is 11.0. The Morgan fingerprint density at radius 3 is 2.42 bits per heavy atom. The van der Waals surface area contributed by atoms with Crippen molar-refractivity contribution in [2.24, 2.45) is 0 Å². The molecule has 0 bridgehead atoms. The number of ether oxygens (including phenoxy) is 2. The molecule has 1 aromatic carbocycles. The van der Waals surface area contributed by atoms with Gasteiger partial charge in [-0.25, -0.2) is 4.79 Å². The number of nitrogens with one attached hydrogen (secondary N) is 1. The van der Waals surface area contributed by atoms with E-state index < -0.39 is 23.4 Å². The molecule has 0 fully saturated rings. The predicted octanol–water partition coefficient (Wildman–Crippen LogP) is 3.98. The lowest BCUT2D eigenvalue weighted by atomic mass is 10.1. The molecule has 0 aliphatic heterocycles. The summed E-state index contributed by atoms with van der Waals surface area (Å²) in [6, 6.07) is 3.29. The van der Waals surface area contributed by atoms with Gasteiger partial charge in [0.25, 0.3) is 0 Å². The molecule has 132 valence electrons. The van der Waals surface area contributed by atoms with Crippen molar-refractivity contribution in [2.45, 2.75) is 39.0 Å². The molecule has 0 aromatic heterocycles. The Balaban J connectivity index is 2.65. The summed E-state index contributed by atoms with van der Waals surface area (Å²) in [6.45, 7) is 5.46. The second-order valence-electron chi connectivity index (χ2n) is 5.93. The van der Waals surface area contributed by atoms with Crippen molar-refractivity contribution in [1.29, 1.82) is 0 Å². The highest BCUT2D eigenvalue weighted by atomic mass is 19.4. The highest BCUT2D eigenvalue weighted by molar-refractivity contribution is 5.67. The molecular weight excluding hydrogens is 323 g/mol. The number of alkyl halides is 3. The monoisotopic (exact) mass is 343 g/mol. The molecule has 0 aliphatic rings. The van der Waals surface area contributed by atoms with E-state index in [9.17, 15) is 18.0 Å². The molecule has 0 spiro atoms. The van der Waals surface area contributed by atoms with E-state index in [-0.39, 0.29) is 24.3 Å². The number of hydrogen-bond acceptors (Lipinski definition) is 3. The molecule has 4 nitrogen and oxygen atoms in total. The molecule has 0 heterocycles. The third-order valence-electron chi connectivity index (χ3n) is 2.62. The van der Waals surface area contributed by atoms with Gasteiger partial charge in [-0.05, 0) is 39.0 Å². The fraction of sp³-hybridized carbons (Fsp3) is 0.471. The summed E-state index contributed by atoms with van der Waals surface area (Å²) in [4.78, 5) is 11.4. The van der Waals surface area contributed by atoms with Crippen LogP contribution >= 0.6 is 0 Å². The number of hydrogen-bond donors (Lipinski definition) is 1. The van der Waals surface area contributed by atoms with Crippen LogP contribution in [-0.2, 0) is 10.9 Å². The fourth-order valence-electron chi connectivity index (χ4n) is 1.66. The Labute approximate surface area is 139 Å². The van der Waals surface area contributed by atoms with Gasteiger partial charge in [0.2, 0.25) is 0 Å². The normalized spacial score (nSPS) is 11.3. The Kier molecular flexibility index (Phi) is 6.52. The third kappa shape index (κ3) is 7.27. The average Bonchev–Trinajstić information content (AvgIpc) is 2.43. The Morgan fingerprint density at radius 2 is 1.88 bits per heavy atom. The zero-order chi connectivity index (χ0) is 18.4. The number of halogens is 3. The van der Waals surface area contributed by atoms with Crippen molar-refractivity contribution in [2.75, 3.05) is 13.7 Å². The van der Waals surface area contributed by atoms with E-state index >= 15 is 0 Å². The number of carbonyl (C=O) groups excluding carboxylic acids is 1. The zero-order valence-electron chi connectivity index (χ0n) is 14.0. The van der Waals surface area contributed by atoms with Gasteiger partial charge in [0.1, 0.15) is 11.4 Å². The van der Waals surface area contributed by atoms with E-state index in [1.807, 2.05) is 0 Å². The van der Waals surface area contributed by atoms with Gasteiger partial charge in [0.15, 0.2) is 0 Å².